The van der Waals surface area contributed by atoms with Gasteiger partial charge in [-0.05, 0) is 30.9 Å². The Morgan fingerprint density at radius 1 is 1.43 bits per heavy atom. The number of hydrogen-bond donors (Lipinski definition) is 1. The number of nitrogens with zero attached hydrogens (tertiary/aromatic N) is 2. The van der Waals surface area contributed by atoms with Crippen LogP contribution in [0.4, 0.5) is 0 Å². The molecule has 2 rings (SSSR count). The van der Waals surface area contributed by atoms with Gasteiger partial charge in [0.25, 0.3) is 5.91 Å². The maximum atomic E-state index is 11.5. The summed E-state index contributed by atoms with van der Waals surface area (Å²) in [5.41, 5.74) is 0.460. The summed E-state index contributed by atoms with van der Waals surface area (Å²) in [6.45, 7) is 0. The van der Waals surface area contributed by atoms with Crippen molar-refractivity contribution in [3.05, 3.63) is 23.2 Å². The third-order valence-electron chi connectivity index (χ3n) is 2.32. The highest BCUT2D eigenvalue weighted by Gasteiger charge is 2.20. The maximum Gasteiger partial charge on any atom is 0.254 e. The molecule has 14 heavy (non-hydrogen) atoms. The Kier molecular flexibility index (Phi) is 2.63. The molecule has 74 valence electrons. The third-order valence-corrected chi connectivity index (χ3v) is 2.52. The molecule has 1 amide bonds. The molecule has 0 atom stereocenters. The van der Waals surface area contributed by atoms with Crippen LogP contribution in [0.3, 0.4) is 0 Å². The van der Waals surface area contributed by atoms with Gasteiger partial charge in [0.05, 0.1) is 5.56 Å². The zero-order chi connectivity index (χ0) is 9.97. The van der Waals surface area contributed by atoms with Crippen LogP contribution in [0.2, 0.25) is 5.28 Å². The van der Waals surface area contributed by atoms with Gasteiger partial charge >= 0.3 is 0 Å². The molecule has 5 heteroatoms. The van der Waals surface area contributed by atoms with Gasteiger partial charge in [-0.2, -0.15) is 0 Å². The number of carbonyl (C=O) groups is 1. The molecule has 1 aromatic rings. The number of aromatic nitrogens is 2. The Morgan fingerprint density at radius 2 is 2.07 bits per heavy atom. The smallest absolute Gasteiger partial charge is 0.254 e. The summed E-state index contributed by atoms with van der Waals surface area (Å²) < 4.78 is 0. The van der Waals surface area contributed by atoms with Crippen LogP contribution >= 0.6 is 11.6 Å². The van der Waals surface area contributed by atoms with E-state index in [0.717, 1.165) is 12.8 Å². The quantitative estimate of drug-likeness (QED) is 0.753. The first-order valence-electron chi connectivity index (χ1n) is 4.54. The topological polar surface area (TPSA) is 54.9 Å². The molecular weight excluding hydrogens is 202 g/mol. The second kappa shape index (κ2) is 3.92. The van der Waals surface area contributed by atoms with E-state index >= 15 is 0 Å². The molecule has 1 heterocycles. The number of rotatable bonds is 2. The average Bonchev–Trinajstić information content (AvgIpc) is 2.12. The monoisotopic (exact) mass is 211 g/mol. The van der Waals surface area contributed by atoms with Crippen LogP contribution in [0.1, 0.15) is 29.6 Å². The second-order valence-corrected chi connectivity index (χ2v) is 3.68. The zero-order valence-electron chi connectivity index (χ0n) is 7.53. The molecule has 1 fully saturated rings. The molecule has 0 unspecified atom stereocenters. The summed E-state index contributed by atoms with van der Waals surface area (Å²) in [6.07, 6.45) is 6.20. The van der Waals surface area contributed by atoms with Crippen molar-refractivity contribution >= 4 is 17.5 Å². The highest BCUT2D eigenvalue weighted by Crippen LogP contribution is 2.18. The van der Waals surface area contributed by atoms with E-state index in [1.54, 1.807) is 0 Å². The molecule has 0 aromatic carbocycles. The molecule has 0 saturated heterocycles. The SMILES string of the molecule is O=C(NC1CCC1)c1cnc(Cl)nc1. The zero-order valence-corrected chi connectivity index (χ0v) is 8.29. The predicted molar refractivity (Wildman–Crippen MR) is 52.1 cm³/mol. The molecule has 0 radical (unpaired) electrons. The molecule has 0 spiro atoms. The standard InChI is InChI=1S/C9H10ClN3O/c10-9-11-4-6(5-12-9)8(14)13-7-2-1-3-7/h4-5,7H,1-3H2,(H,13,14). The van der Waals surface area contributed by atoms with Gasteiger partial charge < -0.3 is 5.32 Å². The fraction of sp³-hybridized carbons (Fsp3) is 0.444. The Labute approximate surface area is 86.7 Å². The van der Waals surface area contributed by atoms with Crippen molar-refractivity contribution in [2.75, 3.05) is 0 Å². The second-order valence-electron chi connectivity index (χ2n) is 3.34. The van der Waals surface area contributed by atoms with Crippen molar-refractivity contribution in [1.29, 1.82) is 0 Å². The van der Waals surface area contributed by atoms with E-state index in [9.17, 15) is 4.79 Å². The number of amides is 1. The fourth-order valence-corrected chi connectivity index (χ4v) is 1.35. The molecule has 4 nitrogen and oxygen atoms in total. The lowest BCUT2D eigenvalue weighted by Crippen LogP contribution is -2.39. The Balaban J connectivity index is 1.99. The fourth-order valence-electron chi connectivity index (χ4n) is 1.25. The number of hydrogen-bond acceptors (Lipinski definition) is 3. The molecule has 0 aliphatic heterocycles. The van der Waals surface area contributed by atoms with E-state index in [-0.39, 0.29) is 11.2 Å². The van der Waals surface area contributed by atoms with Crippen molar-refractivity contribution in [2.45, 2.75) is 25.3 Å². The van der Waals surface area contributed by atoms with Crippen molar-refractivity contribution in [3.8, 4) is 0 Å². The number of halogens is 1. The largest absolute Gasteiger partial charge is 0.349 e. The van der Waals surface area contributed by atoms with Gasteiger partial charge in [0.15, 0.2) is 0 Å². The first kappa shape index (κ1) is 9.40. The van der Waals surface area contributed by atoms with Gasteiger partial charge in [-0.25, -0.2) is 9.97 Å². The first-order valence-corrected chi connectivity index (χ1v) is 4.92. The maximum absolute atomic E-state index is 11.5. The van der Waals surface area contributed by atoms with Crippen molar-refractivity contribution in [2.24, 2.45) is 0 Å². The minimum Gasteiger partial charge on any atom is -0.349 e. The molecule has 0 bridgehead atoms. The summed E-state index contributed by atoms with van der Waals surface area (Å²) >= 11 is 5.51. The van der Waals surface area contributed by atoms with Crippen LogP contribution < -0.4 is 5.32 Å². The molecule has 1 aliphatic carbocycles. The van der Waals surface area contributed by atoms with Gasteiger partial charge in [-0.1, -0.05) is 0 Å². The molecule has 1 saturated carbocycles. The van der Waals surface area contributed by atoms with E-state index in [0.29, 0.717) is 11.6 Å². The van der Waals surface area contributed by atoms with E-state index in [1.807, 2.05) is 0 Å². The van der Waals surface area contributed by atoms with Crippen LogP contribution in [-0.2, 0) is 0 Å². The molecular formula is C9H10ClN3O. The highest BCUT2D eigenvalue weighted by atomic mass is 35.5. The summed E-state index contributed by atoms with van der Waals surface area (Å²) in [5, 5.41) is 3.05. The highest BCUT2D eigenvalue weighted by molar-refractivity contribution is 6.28. The van der Waals surface area contributed by atoms with Crippen LogP contribution in [0, 0.1) is 0 Å². The Bertz CT molecular complexity index is 334. The van der Waals surface area contributed by atoms with E-state index in [2.05, 4.69) is 15.3 Å². The van der Waals surface area contributed by atoms with Gasteiger partial charge in [-0.3, -0.25) is 4.79 Å². The lowest BCUT2D eigenvalue weighted by atomic mass is 9.93. The van der Waals surface area contributed by atoms with Crippen molar-refractivity contribution in [3.63, 3.8) is 0 Å². The van der Waals surface area contributed by atoms with E-state index in [1.165, 1.54) is 18.8 Å². The summed E-state index contributed by atoms with van der Waals surface area (Å²) in [5.74, 6) is -0.119. The lowest BCUT2D eigenvalue weighted by Gasteiger charge is -2.26. The first-order chi connectivity index (χ1) is 6.75. The van der Waals surface area contributed by atoms with E-state index < -0.39 is 0 Å². The Morgan fingerprint density at radius 3 is 2.57 bits per heavy atom. The minimum atomic E-state index is -0.119. The molecule has 1 aliphatic rings. The van der Waals surface area contributed by atoms with Gasteiger partial charge in [-0.15, -0.1) is 0 Å². The summed E-state index contributed by atoms with van der Waals surface area (Å²) in [6, 6.07) is 0.332. The minimum absolute atomic E-state index is 0.119. The van der Waals surface area contributed by atoms with E-state index in [4.69, 9.17) is 11.6 Å². The lowest BCUT2D eigenvalue weighted by molar-refractivity contribution is 0.0916. The van der Waals surface area contributed by atoms with Crippen LogP contribution in [0.25, 0.3) is 0 Å². The molecule has 1 N–H and O–H groups in total. The summed E-state index contributed by atoms with van der Waals surface area (Å²) in [4.78, 5) is 19.0. The third kappa shape index (κ3) is 2.01. The number of carbonyl (C=O) groups excluding carboxylic acids is 1. The van der Waals surface area contributed by atoms with Gasteiger partial charge in [0, 0.05) is 18.4 Å². The van der Waals surface area contributed by atoms with Crippen LogP contribution in [-0.4, -0.2) is 21.9 Å². The van der Waals surface area contributed by atoms with Gasteiger partial charge in [0.2, 0.25) is 5.28 Å². The average molecular weight is 212 g/mol. The Hall–Kier alpha value is -1.16. The van der Waals surface area contributed by atoms with Crippen molar-refractivity contribution in [1.82, 2.24) is 15.3 Å². The van der Waals surface area contributed by atoms with Gasteiger partial charge in [0.1, 0.15) is 0 Å². The van der Waals surface area contributed by atoms with Crippen LogP contribution in [0.5, 0.6) is 0 Å². The normalized spacial score (nSPS) is 16.1. The summed E-state index contributed by atoms with van der Waals surface area (Å²) in [7, 11) is 0. The predicted octanol–water partition coefficient (Wildman–Crippen LogP) is 1.41. The number of nitrogens with one attached hydrogen (secondary N) is 1. The van der Waals surface area contributed by atoms with Crippen molar-refractivity contribution < 1.29 is 4.79 Å². The molecule has 1 aromatic heterocycles. The van der Waals surface area contributed by atoms with Crippen LogP contribution in [0.15, 0.2) is 12.4 Å².